The zero-order valence-corrected chi connectivity index (χ0v) is 15.3. The predicted octanol–water partition coefficient (Wildman–Crippen LogP) is 4.41. The van der Waals surface area contributed by atoms with Gasteiger partial charge in [-0.05, 0) is 73.8 Å². The standard InChI is InChI=1S/C21H32N2O/c1-17-14-18(2)16-23(15-17)12-5-13-24-20-9-7-19(8-10-20)21-6-3-4-11-22-21/h7-10,17-18H,3-6,11-16H2,1-2H3/t17-,18?/m0/s1. The van der Waals surface area contributed by atoms with Gasteiger partial charge in [0.15, 0.2) is 0 Å². The largest absolute Gasteiger partial charge is 0.494 e. The van der Waals surface area contributed by atoms with E-state index in [1.54, 1.807) is 0 Å². The summed E-state index contributed by atoms with van der Waals surface area (Å²) in [7, 11) is 0. The Kier molecular flexibility index (Phi) is 6.30. The fraction of sp³-hybridized carbons (Fsp3) is 0.667. The quantitative estimate of drug-likeness (QED) is 0.723. The van der Waals surface area contributed by atoms with Crippen LogP contribution in [0.15, 0.2) is 29.3 Å². The van der Waals surface area contributed by atoms with Crippen LogP contribution in [-0.2, 0) is 0 Å². The topological polar surface area (TPSA) is 24.8 Å². The molecule has 1 aromatic carbocycles. The van der Waals surface area contributed by atoms with Crippen molar-refractivity contribution in [1.82, 2.24) is 4.90 Å². The molecule has 1 saturated heterocycles. The van der Waals surface area contributed by atoms with Crippen molar-refractivity contribution in [2.45, 2.75) is 46.0 Å². The lowest BCUT2D eigenvalue weighted by atomic mass is 9.92. The number of nitrogens with zero attached hydrogens (tertiary/aromatic N) is 2. The first-order chi connectivity index (χ1) is 11.7. The second-order valence-electron chi connectivity index (χ2n) is 7.72. The van der Waals surface area contributed by atoms with Gasteiger partial charge < -0.3 is 9.64 Å². The minimum absolute atomic E-state index is 0.805. The number of piperidine rings is 1. The third kappa shape index (κ3) is 5.07. The third-order valence-corrected chi connectivity index (χ3v) is 5.14. The number of likely N-dealkylation sites (tertiary alicyclic amines) is 1. The van der Waals surface area contributed by atoms with Crippen LogP contribution in [0.25, 0.3) is 0 Å². The molecule has 1 unspecified atom stereocenters. The lowest BCUT2D eigenvalue weighted by Gasteiger charge is -2.34. The van der Waals surface area contributed by atoms with Crippen molar-refractivity contribution < 1.29 is 4.74 Å². The van der Waals surface area contributed by atoms with Gasteiger partial charge >= 0.3 is 0 Å². The average Bonchev–Trinajstić information content (AvgIpc) is 2.59. The van der Waals surface area contributed by atoms with Crippen LogP contribution in [0.1, 0.15) is 51.5 Å². The smallest absolute Gasteiger partial charge is 0.119 e. The monoisotopic (exact) mass is 328 g/mol. The van der Waals surface area contributed by atoms with Crippen LogP contribution in [-0.4, -0.2) is 43.4 Å². The van der Waals surface area contributed by atoms with Gasteiger partial charge in [0.2, 0.25) is 0 Å². The number of ether oxygens (including phenoxy) is 1. The summed E-state index contributed by atoms with van der Waals surface area (Å²) in [6, 6.07) is 8.51. The summed E-state index contributed by atoms with van der Waals surface area (Å²) < 4.78 is 5.93. The molecule has 3 rings (SSSR count). The predicted molar refractivity (Wildman–Crippen MR) is 101 cm³/mol. The zero-order valence-electron chi connectivity index (χ0n) is 15.3. The minimum atomic E-state index is 0.805. The van der Waals surface area contributed by atoms with E-state index >= 15 is 0 Å². The van der Waals surface area contributed by atoms with Crippen molar-refractivity contribution in [1.29, 1.82) is 0 Å². The molecule has 2 aliphatic heterocycles. The van der Waals surface area contributed by atoms with Gasteiger partial charge in [-0.3, -0.25) is 4.99 Å². The van der Waals surface area contributed by atoms with E-state index in [1.807, 2.05) is 0 Å². The van der Waals surface area contributed by atoms with Gasteiger partial charge in [-0.1, -0.05) is 13.8 Å². The van der Waals surface area contributed by atoms with Crippen molar-refractivity contribution in [2.24, 2.45) is 16.8 Å². The second kappa shape index (κ2) is 8.66. The van der Waals surface area contributed by atoms with Gasteiger partial charge in [-0.2, -0.15) is 0 Å². The van der Waals surface area contributed by atoms with E-state index in [4.69, 9.17) is 4.74 Å². The molecular formula is C21H32N2O. The van der Waals surface area contributed by atoms with E-state index in [9.17, 15) is 0 Å². The Bertz CT molecular complexity index is 527. The fourth-order valence-electron chi connectivity index (χ4n) is 4.13. The molecule has 0 bridgehead atoms. The molecule has 24 heavy (non-hydrogen) atoms. The molecule has 0 radical (unpaired) electrons. The molecule has 3 nitrogen and oxygen atoms in total. The van der Waals surface area contributed by atoms with Crippen molar-refractivity contribution >= 4 is 5.71 Å². The van der Waals surface area contributed by atoms with Crippen LogP contribution in [0.4, 0.5) is 0 Å². The van der Waals surface area contributed by atoms with E-state index in [0.717, 1.165) is 50.1 Å². The van der Waals surface area contributed by atoms with E-state index in [2.05, 4.69) is 48.0 Å². The van der Waals surface area contributed by atoms with Gasteiger partial charge in [0.05, 0.1) is 6.61 Å². The summed E-state index contributed by atoms with van der Waals surface area (Å²) in [5, 5.41) is 0. The molecule has 3 heteroatoms. The van der Waals surface area contributed by atoms with Crippen LogP contribution >= 0.6 is 0 Å². The Morgan fingerprint density at radius 1 is 1.08 bits per heavy atom. The highest BCUT2D eigenvalue weighted by Crippen LogP contribution is 2.21. The molecule has 1 aromatic rings. The Balaban J connectivity index is 1.40. The maximum absolute atomic E-state index is 5.93. The van der Waals surface area contributed by atoms with Crippen molar-refractivity contribution in [3.05, 3.63) is 29.8 Å². The summed E-state index contributed by atoms with van der Waals surface area (Å²) in [6.45, 7) is 10.2. The maximum atomic E-state index is 5.93. The molecule has 1 fully saturated rings. The number of benzene rings is 1. The highest BCUT2D eigenvalue weighted by Gasteiger charge is 2.21. The molecule has 132 valence electrons. The molecule has 2 heterocycles. The normalized spacial score (nSPS) is 25.3. The molecule has 0 aromatic heterocycles. The Labute approximate surface area is 147 Å². The molecule has 0 spiro atoms. The molecule has 0 N–H and O–H groups in total. The van der Waals surface area contributed by atoms with E-state index in [0.29, 0.717) is 0 Å². The van der Waals surface area contributed by atoms with Crippen molar-refractivity contribution in [2.75, 3.05) is 32.8 Å². The first kappa shape index (κ1) is 17.5. The van der Waals surface area contributed by atoms with Gasteiger partial charge in [0.1, 0.15) is 5.75 Å². The zero-order chi connectivity index (χ0) is 16.8. The highest BCUT2D eigenvalue weighted by molar-refractivity contribution is 6.00. The van der Waals surface area contributed by atoms with Gasteiger partial charge in [-0.25, -0.2) is 0 Å². The molecule has 0 aliphatic carbocycles. The van der Waals surface area contributed by atoms with Gasteiger partial charge in [0, 0.05) is 31.9 Å². The number of rotatable bonds is 6. The summed E-state index contributed by atoms with van der Waals surface area (Å²) >= 11 is 0. The molecular weight excluding hydrogens is 296 g/mol. The van der Waals surface area contributed by atoms with Crippen LogP contribution in [0.3, 0.4) is 0 Å². The minimum Gasteiger partial charge on any atom is -0.494 e. The second-order valence-corrected chi connectivity index (χ2v) is 7.72. The van der Waals surface area contributed by atoms with E-state index in [-0.39, 0.29) is 0 Å². The van der Waals surface area contributed by atoms with E-state index in [1.165, 1.54) is 43.6 Å². The first-order valence-electron chi connectivity index (χ1n) is 9.69. The highest BCUT2D eigenvalue weighted by atomic mass is 16.5. The third-order valence-electron chi connectivity index (χ3n) is 5.14. The molecule has 2 aliphatic rings. The summed E-state index contributed by atoms with van der Waals surface area (Å²) in [6.07, 6.45) is 6.11. The first-order valence-corrected chi connectivity index (χ1v) is 9.69. The fourth-order valence-corrected chi connectivity index (χ4v) is 4.13. The van der Waals surface area contributed by atoms with Gasteiger partial charge in [-0.15, -0.1) is 0 Å². The van der Waals surface area contributed by atoms with Crippen LogP contribution < -0.4 is 4.74 Å². The van der Waals surface area contributed by atoms with Crippen molar-refractivity contribution in [3.63, 3.8) is 0 Å². The number of hydrogen-bond donors (Lipinski definition) is 0. The van der Waals surface area contributed by atoms with E-state index < -0.39 is 0 Å². The van der Waals surface area contributed by atoms with Gasteiger partial charge in [0.25, 0.3) is 0 Å². The Hall–Kier alpha value is -1.35. The van der Waals surface area contributed by atoms with Crippen LogP contribution in [0, 0.1) is 11.8 Å². The lowest BCUT2D eigenvalue weighted by Crippen LogP contribution is -2.39. The SMILES string of the molecule is CC1C[C@H](C)CN(CCCOc2ccc(C3=NCCCC3)cc2)C1. The maximum Gasteiger partial charge on any atom is 0.119 e. The van der Waals surface area contributed by atoms with Crippen molar-refractivity contribution in [3.8, 4) is 5.75 Å². The Morgan fingerprint density at radius 2 is 1.83 bits per heavy atom. The molecule has 0 saturated carbocycles. The van der Waals surface area contributed by atoms with Crippen LogP contribution in [0.5, 0.6) is 5.75 Å². The molecule has 2 atom stereocenters. The van der Waals surface area contributed by atoms with Crippen LogP contribution in [0.2, 0.25) is 0 Å². The molecule has 0 amide bonds. The number of aliphatic imine (C=N–C) groups is 1. The summed E-state index contributed by atoms with van der Waals surface area (Å²) in [5.74, 6) is 2.66. The summed E-state index contributed by atoms with van der Waals surface area (Å²) in [5.41, 5.74) is 2.53. The average molecular weight is 329 g/mol. The lowest BCUT2D eigenvalue weighted by molar-refractivity contribution is 0.132. The Morgan fingerprint density at radius 3 is 2.50 bits per heavy atom. The number of hydrogen-bond acceptors (Lipinski definition) is 3. The summed E-state index contributed by atoms with van der Waals surface area (Å²) in [4.78, 5) is 7.24.